The Morgan fingerprint density at radius 3 is 2.16 bits per heavy atom. The number of likely N-dealkylation sites (tertiary alicyclic amines) is 1. The van der Waals surface area contributed by atoms with Crippen LogP contribution in [0, 0.1) is 0 Å². The van der Waals surface area contributed by atoms with E-state index in [9.17, 15) is 13.2 Å². The summed E-state index contributed by atoms with van der Waals surface area (Å²) in [6.45, 7) is 1.88. The fraction of sp³-hybridized carbons (Fsp3) is 0.611. The van der Waals surface area contributed by atoms with E-state index in [0.29, 0.717) is 18.0 Å². The maximum atomic E-state index is 13.1. The van der Waals surface area contributed by atoms with Gasteiger partial charge in [0.05, 0.1) is 4.90 Å². The fourth-order valence-electron chi connectivity index (χ4n) is 3.68. The first-order chi connectivity index (χ1) is 12.0. The summed E-state index contributed by atoms with van der Waals surface area (Å²) >= 11 is 5.87. The van der Waals surface area contributed by atoms with Crippen LogP contribution in [-0.2, 0) is 14.8 Å². The van der Waals surface area contributed by atoms with Crippen molar-refractivity contribution in [1.29, 1.82) is 0 Å². The molecule has 2 heterocycles. The van der Waals surface area contributed by atoms with Crippen LogP contribution in [0.2, 0.25) is 5.02 Å². The third kappa shape index (κ3) is 4.18. The van der Waals surface area contributed by atoms with Crippen molar-refractivity contribution in [3.63, 3.8) is 0 Å². The molecular formula is C18H25ClN2O3S. The van der Waals surface area contributed by atoms with Crippen LogP contribution in [-0.4, -0.2) is 49.2 Å². The topological polar surface area (TPSA) is 57.7 Å². The lowest BCUT2D eigenvalue weighted by Gasteiger charge is -2.36. The lowest BCUT2D eigenvalue weighted by molar-refractivity contribution is -0.136. The van der Waals surface area contributed by atoms with Gasteiger partial charge in [-0.3, -0.25) is 4.79 Å². The number of carbonyl (C=O) groups excluding carboxylic acids is 1. The van der Waals surface area contributed by atoms with E-state index in [1.54, 1.807) is 12.1 Å². The average molecular weight is 385 g/mol. The van der Waals surface area contributed by atoms with Gasteiger partial charge in [-0.1, -0.05) is 30.9 Å². The highest BCUT2D eigenvalue weighted by Crippen LogP contribution is 2.28. The first-order valence-electron chi connectivity index (χ1n) is 9.06. The van der Waals surface area contributed by atoms with Crippen molar-refractivity contribution in [3.05, 3.63) is 29.3 Å². The molecule has 0 unspecified atom stereocenters. The summed E-state index contributed by atoms with van der Waals surface area (Å²) in [7, 11) is -3.69. The van der Waals surface area contributed by atoms with Gasteiger partial charge in [0.25, 0.3) is 0 Å². The Morgan fingerprint density at radius 2 is 1.52 bits per heavy atom. The maximum Gasteiger partial charge on any atom is 0.243 e. The molecule has 2 aliphatic heterocycles. The second-order valence-corrected chi connectivity index (χ2v) is 9.15. The van der Waals surface area contributed by atoms with Crippen LogP contribution >= 0.6 is 11.6 Å². The Balaban J connectivity index is 1.84. The third-order valence-electron chi connectivity index (χ3n) is 5.08. The van der Waals surface area contributed by atoms with Crippen molar-refractivity contribution in [2.45, 2.75) is 55.9 Å². The van der Waals surface area contributed by atoms with E-state index >= 15 is 0 Å². The van der Waals surface area contributed by atoms with Gasteiger partial charge in [-0.25, -0.2) is 8.42 Å². The first kappa shape index (κ1) is 18.7. The van der Waals surface area contributed by atoms with E-state index in [1.807, 2.05) is 4.90 Å². The molecule has 0 aromatic heterocycles. The second-order valence-electron chi connectivity index (χ2n) is 6.82. The normalized spacial score (nSPS) is 23.2. The molecule has 1 aromatic rings. The number of nitrogens with zero attached hydrogens (tertiary/aromatic N) is 2. The van der Waals surface area contributed by atoms with Crippen molar-refractivity contribution in [2.75, 3.05) is 19.6 Å². The molecule has 0 radical (unpaired) electrons. The Labute approximate surface area is 155 Å². The van der Waals surface area contributed by atoms with E-state index in [2.05, 4.69) is 0 Å². The molecule has 2 aliphatic rings. The molecule has 2 fully saturated rings. The van der Waals surface area contributed by atoms with Crippen LogP contribution in [0.5, 0.6) is 0 Å². The van der Waals surface area contributed by atoms with Gasteiger partial charge in [-0.05, 0) is 49.9 Å². The Morgan fingerprint density at radius 1 is 0.920 bits per heavy atom. The van der Waals surface area contributed by atoms with Crippen molar-refractivity contribution < 1.29 is 13.2 Å². The Kier molecular flexibility index (Phi) is 6.02. The van der Waals surface area contributed by atoms with Crippen LogP contribution in [0.1, 0.15) is 44.9 Å². The number of piperidine rings is 1. The van der Waals surface area contributed by atoms with E-state index in [4.69, 9.17) is 11.6 Å². The number of halogens is 1. The van der Waals surface area contributed by atoms with Gasteiger partial charge in [-0.2, -0.15) is 4.31 Å². The monoisotopic (exact) mass is 384 g/mol. The van der Waals surface area contributed by atoms with Gasteiger partial charge in [-0.15, -0.1) is 0 Å². The number of carbonyl (C=O) groups is 1. The highest BCUT2D eigenvalue weighted by molar-refractivity contribution is 7.89. The maximum absolute atomic E-state index is 13.1. The van der Waals surface area contributed by atoms with Gasteiger partial charge in [0.1, 0.15) is 6.04 Å². The van der Waals surface area contributed by atoms with Crippen molar-refractivity contribution in [1.82, 2.24) is 9.21 Å². The number of benzene rings is 1. The van der Waals surface area contributed by atoms with E-state index in [0.717, 1.165) is 51.6 Å². The standard InChI is InChI=1S/C18H25ClN2O3S/c19-15-8-10-16(11-9-15)25(23,24)21-14-6-3-7-17(21)18(22)20-12-4-1-2-5-13-20/h8-11,17H,1-7,12-14H2/t17-/m0/s1. The fourth-order valence-corrected chi connectivity index (χ4v) is 5.46. The number of hydrogen-bond donors (Lipinski definition) is 0. The molecule has 1 amide bonds. The van der Waals surface area contributed by atoms with Crippen molar-refractivity contribution in [2.24, 2.45) is 0 Å². The van der Waals surface area contributed by atoms with E-state index < -0.39 is 16.1 Å². The van der Waals surface area contributed by atoms with E-state index in [1.165, 1.54) is 16.4 Å². The summed E-state index contributed by atoms with van der Waals surface area (Å²) in [5, 5.41) is 0.495. The van der Waals surface area contributed by atoms with Gasteiger partial charge in [0, 0.05) is 24.7 Å². The van der Waals surface area contributed by atoms with Gasteiger partial charge in [0.2, 0.25) is 15.9 Å². The van der Waals surface area contributed by atoms with Gasteiger partial charge in [0.15, 0.2) is 0 Å². The molecule has 2 saturated heterocycles. The zero-order valence-corrected chi connectivity index (χ0v) is 15.9. The van der Waals surface area contributed by atoms with Crippen LogP contribution in [0.15, 0.2) is 29.2 Å². The minimum Gasteiger partial charge on any atom is -0.341 e. The Hall–Kier alpha value is -1.11. The predicted octanol–water partition coefficient (Wildman–Crippen LogP) is 3.29. The number of amides is 1. The summed E-state index contributed by atoms with van der Waals surface area (Å²) in [6.07, 6.45) is 6.56. The summed E-state index contributed by atoms with van der Waals surface area (Å²) in [5.41, 5.74) is 0. The highest BCUT2D eigenvalue weighted by atomic mass is 35.5. The molecular weight excluding hydrogens is 360 g/mol. The lowest BCUT2D eigenvalue weighted by Crippen LogP contribution is -2.53. The lowest BCUT2D eigenvalue weighted by atomic mass is 10.0. The first-order valence-corrected chi connectivity index (χ1v) is 10.9. The number of rotatable bonds is 3. The molecule has 25 heavy (non-hydrogen) atoms. The third-order valence-corrected chi connectivity index (χ3v) is 7.25. The predicted molar refractivity (Wildman–Crippen MR) is 98.0 cm³/mol. The molecule has 0 N–H and O–H groups in total. The summed E-state index contributed by atoms with van der Waals surface area (Å²) < 4.78 is 27.6. The van der Waals surface area contributed by atoms with Gasteiger partial charge < -0.3 is 4.90 Å². The van der Waals surface area contributed by atoms with Gasteiger partial charge >= 0.3 is 0 Å². The zero-order chi connectivity index (χ0) is 17.9. The molecule has 5 nitrogen and oxygen atoms in total. The summed E-state index contributed by atoms with van der Waals surface area (Å²) in [6, 6.07) is 5.60. The average Bonchev–Trinajstić information content (AvgIpc) is 2.91. The van der Waals surface area contributed by atoms with Crippen LogP contribution in [0.25, 0.3) is 0 Å². The molecule has 7 heteroatoms. The van der Waals surface area contributed by atoms with Crippen molar-refractivity contribution >= 4 is 27.5 Å². The van der Waals surface area contributed by atoms with Crippen molar-refractivity contribution in [3.8, 4) is 0 Å². The summed E-state index contributed by atoms with van der Waals surface area (Å²) in [5.74, 6) is -0.0286. The molecule has 3 rings (SSSR count). The van der Waals surface area contributed by atoms with Crippen LogP contribution < -0.4 is 0 Å². The van der Waals surface area contributed by atoms with Crippen LogP contribution in [0.3, 0.4) is 0 Å². The summed E-state index contributed by atoms with van der Waals surface area (Å²) in [4.78, 5) is 15.1. The molecule has 0 aliphatic carbocycles. The van der Waals surface area contributed by atoms with Crippen LogP contribution in [0.4, 0.5) is 0 Å². The highest BCUT2D eigenvalue weighted by Gasteiger charge is 2.39. The second kappa shape index (κ2) is 8.06. The molecule has 0 saturated carbocycles. The van der Waals surface area contributed by atoms with E-state index in [-0.39, 0.29) is 10.8 Å². The Bertz CT molecular complexity index is 698. The molecule has 1 atom stereocenters. The molecule has 0 bridgehead atoms. The zero-order valence-electron chi connectivity index (χ0n) is 14.4. The number of sulfonamides is 1. The molecule has 138 valence electrons. The molecule has 1 aromatic carbocycles. The number of hydrogen-bond acceptors (Lipinski definition) is 3. The minimum atomic E-state index is -3.69. The minimum absolute atomic E-state index is 0.0286. The largest absolute Gasteiger partial charge is 0.341 e. The quantitative estimate of drug-likeness (QED) is 0.803. The SMILES string of the molecule is O=C([C@@H]1CCCCN1S(=O)(=O)c1ccc(Cl)cc1)N1CCCCCC1. The smallest absolute Gasteiger partial charge is 0.243 e. The molecule has 0 spiro atoms.